The molecule has 1 rings (SSSR count). The monoisotopic (exact) mass is 236 g/mol. The molecule has 1 heterocycles. The fourth-order valence-electron chi connectivity index (χ4n) is 0.957. The maximum Gasteiger partial charge on any atom is 0.401 e. The van der Waals surface area contributed by atoms with Crippen molar-refractivity contribution in [3.8, 4) is 0 Å². The highest BCUT2D eigenvalue weighted by molar-refractivity contribution is 5.77. The normalized spacial score (nSPS) is 11.4. The van der Waals surface area contributed by atoms with E-state index >= 15 is 0 Å². The van der Waals surface area contributed by atoms with Gasteiger partial charge >= 0.3 is 6.18 Å². The van der Waals surface area contributed by atoms with Gasteiger partial charge in [0.2, 0.25) is 5.91 Å². The Balaban J connectivity index is 2.12. The number of alkyl halides is 3. The number of rotatable bonds is 5. The molecule has 0 aliphatic carbocycles. The molecule has 0 spiro atoms. The second kappa shape index (κ2) is 5.50. The average Bonchev–Trinajstić information content (AvgIpc) is 2.65. The Hall–Kier alpha value is -1.57. The Kier molecular flexibility index (Phi) is 4.29. The van der Waals surface area contributed by atoms with Crippen LogP contribution in [0.3, 0.4) is 0 Å². The molecule has 5 nitrogen and oxygen atoms in total. The number of H-pyrrole nitrogens is 1. The smallest absolute Gasteiger partial charge is 0.349 e. The van der Waals surface area contributed by atoms with Gasteiger partial charge in [-0.2, -0.15) is 18.3 Å². The van der Waals surface area contributed by atoms with Crippen LogP contribution in [0, 0.1) is 0 Å². The van der Waals surface area contributed by atoms with Crippen molar-refractivity contribution in [2.45, 2.75) is 12.7 Å². The largest absolute Gasteiger partial charge is 0.401 e. The van der Waals surface area contributed by atoms with Crippen LogP contribution in [0.2, 0.25) is 0 Å². The second-order valence-electron chi connectivity index (χ2n) is 3.08. The number of hydrogen-bond acceptors (Lipinski definition) is 3. The van der Waals surface area contributed by atoms with Gasteiger partial charge in [0.15, 0.2) is 0 Å². The lowest BCUT2D eigenvalue weighted by Gasteiger charge is -2.08. The molecule has 0 saturated heterocycles. The van der Waals surface area contributed by atoms with E-state index in [2.05, 4.69) is 15.5 Å². The summed E-state index contributed by atoms with van der Waals surface area (Å²) in [7, 11) is 0. The Morgan fingerprint density at radius 3 is 2.81 bits per heavy atom. The molecule has 1 amide bonds. The third-order valence-electron chi connectivity index (χ3n) is 1.65. The van der Waals surface area contributed by atoms with Gasteiger partial charge in [0.05, 0.1) is 25.3 Å². The molecule has 0 unspecified atom stereocenters. The summed E-state index contributed by atoms with van der Waals surface area (Å²) in [5.74, 6) is -0.501. The Morgan fingerprint density at radius 1 is 1.50 bits per heavy atom. The van der Waals surface area contributed by atoms with Gasteiger partial charge in [0.1, 0.15) is 0 Å². The van der Waals surface area contributed by atoms with E-state index in [0.29, 0.717) is 5.69 Å². The molecule has 0 aromatic carbocycles. The van der Waals surface area contributed by atoms with Gasteiger partial charge in [-0.25, -0.2) is 0 Å². The fourth-order valence-corrected chi connectivity index (χ4v) is 0.957. The highest BCUT2D eigenvalue weighted by Gasteiger charge is 2.26. The van der Waals surface area contributed by atoms with Crippen molar-refractivity contribution in [3.05, 3.63) is 18.0 Å². The summed E-state index contributed by atoms with van der Waals surface area (Å²) < 4.78 is 35.1. The topological polar surface area (TPSA) is 69.8 Å². The van der Waals surface area contributed by atoms with Gasteiger partial charge < -0.3 is 10.6 Å². The number of nitrogens with zero attached hydrogens (tertiary/aromatic N) is 1. The molecule has 16 heavy (non-hydrogen) atoms. The van der Waals surface area contributed by atoms with Crippen molar-refractivity contribution in [1.29, 1.82) is 0 Å². The highest BCUT2D eigenvalue weighted by Crippen LogP contribution is 2.11. The lowest BCUT2D eigenvalue weighted by molar-refractivity contribution is -0.128. The minimum absolute atomic E-state index is 0.215. The van der Waals surface area contributed by atoms with Gasteiger partial charge in [-0.15, -0.1) is 0 Å². The highest BCUT2D eigenvalue weighted by atomic mass is 19.4. The molecule has 0 atom stereocenters. The maximum atomic E-state index is 11.7. The first-order valence-corrected chi connectivity index (χ1v) is 4.50. The quantitative estimate of drug-likeness (QED) is 0.683. The number of amides is 1. The Bertz CT molecular complexity index is 323. The lowest BCUT2D eigenvalue weighted by Crippen LogP contribution is -2.38. The molecular weight excluding hydrogens is 225 g/mol. The van der Waals surface area contributed by atoms with Crippen molar-refractivity contribution in [3.63, 3.8) is 0 Å². The molecule has 90 valence electrons. The summed E-state index contributed by atoms with van der Waals surface area (Å²) in [5.41, 5.74) is 0.684. The van der Waals surface area contributed by atoms with Crippen LogP contribution in [-0.4, -0.2) is 35.4 Å². The number of hydrogen-bond donors (Lipinski definition) is 3. The SMILES string of the molecule is O=C(CNCC(F)(F)F)NCc1ccn[nH]1. The van der Waals surface area contributed by atoms with E-state index < -0.39 is 18.6 Å². The minimum Gasteiger partial charge on any atom is -0.349 e. The molecule has 0 fully saturated rings. The number of carbonyl (C=O) groups excluding carboxylic acids is 1. The van der Waals surface area contributed by atoms with Crippen LogP contribution in [0.5, 0.6) is 0 Å². The van der Waals surface area contributed by atoms with Gasteiger partial charge in [0, 0.05) is 6.20 Å². The van der Waals surface area contributed by atoms with Crippen molar-refractivity contribution in [1.82, 2.24) is 20.8 Å². The van der Waals surface area contributed by atoms with Gasteiger partial charge in [-0.05, 0) is 6.07 Å². The zero-order valence-electron chi connectivity index (χ0n) is 8.27. The minimum atomic E-state index is -4.30. The molecule has 0 aliphatic rings. The summed E-state index contributed by atoms with van der Waals surface area (Å²) in [6.45, 7) is -1.33. The van der Waals surface area contributed by atoms with Gasteiger partial charge in [0.25, 0.3) is 0 Å². The van der Waals surface area contributed by atoms with Crippen LogP contribution < -0.4 is 10.6 Å². The van der Waals surface area contributed by atoms with Crippen LogP contribution >= 0.6 is 0 Å². The van der Waals surface area contributed by atoms with E-state index in [1.807, 2.05) is 5.32 Å². The third kappa shape index (κ3) is 5.35. The predicted molar refractivity (Wildman–Crippen MR) is 49.4 cm³/mol. The van der Waals surface area contributed by atoms with Crippen molar-refractivity contribution in [2.24, 2.45) is 0 Å². The molecule has 3 N–H and O–H groups in total. The number of aromatic amines is 1. The maximum absolute atomic E-state index is 11.7. The standard InChI is InChI=1S/C8H11F3N4O/c9-8(10,11)5-12-4-7(16)13-3-6-1-2-14-15-6/h1-2,12H,3-5H2,(H,13,16)(H,14,15). The summed E-state index contributed by atoms with van der Waals surface area (Å²) in [6.07, 6.45) is -2.78. The molecule has 1 aromatic heterocycles. The molecule has 8 heteroatoms. The Labute approximate surface area is 89.4 Å². The summed E-state index contributed by atoms with van der Waals surface area (Å²) >= 11 is 0. The van der Waals surface area contributed by atoms with E-state index in [1.165, 1.54) is 6.20 Å². The number of carbonyl (C=O) groups is 1. The molecule has 0 aliphatic heterocycles. The van der Waals surface area contributed by atoms with E-state index in [4.69, 9.17) is 0 Å². The van der Waals surface area contributed by atoms with Gasteiger partial charge in [-0.3, -0.25) is 9.89 Å². The van der Waals surface area contributed by atoms with Crippen LogP contribution in [0.15, 0.2) is 12.3 Å². The van der Waals surface area contributed by atoms with E-state index in [-0.39, 0.29) is 13.1 Å². The lowest BCUT2D eigenvalue weighted by atomic mass is 10.4. The van der Waals surface area contributed by atoms with E-state index in [0.717, 1.165) is 0 Å². The first-order valence-electron chi connectivity index (χ1n) is 4.50. The first-order chi connectivity index (χ1) is 7.47. The predicted octanol–water partition coefficient (Wildman–Crippen LogP) is 0.178. The Morgan fingerprint density at radius 2 is 2.25 bits per heavy atom. The second-order valence-corrected chi connectivity index (χ2v) is 3.08. The summed E-state index contributed by atoms with van der Waals surface area (Å²) in [4.78, 5) is 11.0. The first kappa shape index (κ1) is 12.5. The number of nitrogens with one attached hydrogen (secondary N) is 3. The molecule has 0 bridgehead atoms. The summed E-state index contributed by atoms with van der Waals surface area (Å²) in [6, 6.07) is 1.66. The molecule has 0 saturated carbocycles. The van der Waals surface area contributed by atoms with Crippen LogP contribution in [-0.2, 0) is 11.3 Å². The fraction of sp³-hybridized carbons (Fsp3) is 0.500. The molecular formula is C8H11F3N4O. The third-order valence-corrected chi connectivity index (χ3v) is 1.65. The zero-order chi connectivity index (χ0) is 12.0. The summed E-state index contributed by atoms with van der Waals surface area (Å²) in [5, 5.41) is 10.7. The number of aromatic nitrogens is 2. The van der Waals surface area contributed by atoms with E-state index in [1.54, 1.807) is 6.07 Å². The number of halogens is 3. The average molecular weight is 236 g/mol. The molecule has 0 radical (unpaired) electrons. The van der Waals surface area contributed by atoms with Crippen molar-refractivity contribution < 1.29 is 18.0 Å². The van der Waals surface area contributed by atoms with Gasteiger partial charge in [-0.1, -0.05) is 0 Å². The zero-order valence-corrected chi connectivity index (χ0v) is 8.27. The van der Waals surface area contributed by atoms with Crippen LogP contribution in [0.1, 0.15) is 5.69 Å². The van der Waals surface area contributed by atoms with Crippen LogP contribution in [0.4, 0.5) is 13.2 Å². The van der Waals surface area contributed by atoms with E-state index in [9.17, 15) is 18.0 Å². The van der Waals surface area contributed by atoms with Crippen LogP contribution in [0.25, 0.3) is 0 Å². The molecule has 1 aromatic rings. The van der Waals surface area contributed by atoms with Crippen molar-refractivity contribution >= 4 is 5.91 Å². The van der Waals surface area contributed by atoms with Crippen molar-refractivity contribution in [2.75, 3.05) is 13.1 Å².